The summed E-state index contributed by atoms with van der Waals surface area (Å²) in [5.41, 5.74) is 12.8. The zero-order valence-corrected chi connectivity index (χ0v) is 21.2. The van der Waals surface area contributed by atoms with Gasteiger partial charge in [0.1, 0.15) is 23.1 Å². The number of imidazole rings is 1. The highest BCUT2D eigenvalue weighted by Crippen LogP contribution is 2.32. The third-order valence-corrected chi connectivity index (χ3v) is 6.47. The number of carbonyl (C=O) groups is 1. The smallest absolute Gasteiger partial charge is 0.253 e. The van der Waals surface area contributed by atoms with Gasteiger partial charge < -0.3 is 11.1 Å². The number of nitrogens with one attached hydrogen (secondary N) is 1. The number of nitrogen functional groups attached to an aromatic ring is 1. The summed E-state index contributed by atoms with van der Waals surface area (Å²) in [6, 6.07) is 28.6. The summed E-state index contributed by atoms with van der Waals surface area (Å²) in [6.07, 6.45) is 4.88. The van der Waals surface area contributed by atoms with Gasteiger partial charge in [-0.15, -0.1) is 0 Å². The number of anilines is 1. The van der Waals surface area contributed by atoms with E-state index in [1.807, 2.05) is 89.6 Å². The van der Waals surface area contributed by atoms with E-state index in [1.54, 1.807) is 12.3 Å². The maximum atomic E-state index is 12.5. The molecule has 0 unspecified atom stereocenters. The van der Waals surface area contributed by atoms with E-state index in [4.69, 9.17) is 21.0 Å². The first kappa shape index (κ1) is 24.5. The minimum Gasteiger partial charge on any atom is -0.383 e. The second-order valence-corrected chi connectivity index (χ2v) is 9.03. The van der Waals surface area contributed by atoms with Crippen LogP contribution in [0.4, 0.5) is 5.82 Å². The van der Waals surface area contributed by atoms with Crippen molar-refractivity contribution in [2.75, 3.05) is 5.73 Å². The maximum Gasteiger partial charge on any atom is 0.253 e. The third-order valence-electron chi connectivity index (χ3n) is 6.47. The van der Waals surface area contributed by atoms with Crippen molar-refractivity contribution in [1.29, 1.82) is 5.26 Å². The zero-order chi connectivity index (χ0) is 27.5. The lowest BCUT2D eigenvalue weighted by Gasteiger charge is -2.11. The molecule has 0 bridgehead atoms. The van der Waals surface area contributed by atoms with Gasteiger partial charge in [-0.05, 0) is 53.6 Å². The Bertz CT molecular complexity index is 1870. The molecule has 192 valence electrons. The molecule has 9 nitrogen and oxygen atoms in total. The van der Waals surface area contributed by atoms with Crippen LogP contribution >= 0.6 is 0 Å². The molecule has 9 heteroatoms. The molecule has 0 saturated heterocycles. The van der Waals surface area contributed by atoms with Crippen LogP contribution < -0.4 is 11.1 Å². The molecule has 40 heavy (non-hydrogen) atoms. The molecule has 2 aromatic carbocycles. The lowest BCUT2D eigenvalue weighted by Crippen LogP contribution is -2.22. The SMILES string of the molecule is N#Cc1ccc(C(=O)NCc2ccc(-n3c(-c4cccnc4N)nc4cc(-c5ccccc5)cnc43)cc2)cn1. The van der Waals surface area contributed by atoms with Crippen molar-refractivity contribution in [2.45, 2.75) is 6.54 Å². The maximum absolute atomic E-state index is 12.5. The molecule has 0 aliphatic heterocycles. The van der Waals surface area contributed by atoms with Crippen LogP contribution in [-0.4, -0.2) is 30.4 Å². The van der Waals surface area contributed by atoms with Gasteiger partial charge in [0.2, 0.25) is 0 Å². The normalized spacial score (nSPS) is 10.8. The number of hydrogen-bond donors (Lipinski definition) is 2. The van der Waals surface area contributed by atoms with Gasteiger partial charge in [0, 0.05) is 36.4 Å². The highest BCUT2D eigenvalue weighted by Gasteiger charge is 2.18. The number of amides is 1. The summed E-state index contributed by atoms with van der Waals surface area (Å²) in [6.45, 7) is 0.324. The Hall–Kier alpha value is -5.88. The van der Waals surface area contributed by atoms with Gasteiger partial charge in [-0.2, -0.15) is 5.26 Å². The van der Waals surface area contributed by atoms with Crippen molar-refractivity contribution >= 4 is 22.9 Å². The van der Waals surface area contributed by atoms with Crippen LogP contribution in [0, 0.1) is 11.3 Å². The van der Waals surface area contributed by atoms with Crippen LogP contribution in [0.2, 0.25) is 0 Å². The second-order valence-electron chi connectivity index (χ2n) is 9.03. The van der Waals surface area contributed by atoms with Gasteiger partial charge in [0.25, 0.3) is 5.91 Å². The Morgan fingerprint density at radius 2 is 1.73 bits per heavy atom. The summed E-state index contributed by atoms with van der Waals surface area (Å²) in [7, 11) is 0. The Morgan fingerprint density at radius 3 is 2.45 bits per heavy atom. The van der Waals surface area contributed by atoms with Crippen molar-refractivity contribution in [3.8, 4) is 34.3 Å². The van der Waals surface area contributed by atoms with Crippen molar-refractivity contribution < 1.29 is 4.79 Å². The molecule has 0 saturated carbocycles. The summed E-state index contributed by atoms with van der Waals surface area (Å²) in [5.74, 6) is 0.737. The molecular weight excluding hydrogens is 500 g/mol. The number of nitrogens with two attached hydrogens (primary N) is 1. The lowest BCUT2D eigenvalue weighted by atomic mass is 10.1. The van der Waals surface area contributed by atoms with Gasteiger partial charge in [-0.25, -0.2) is 19.9 Å². The summed E-state index contributed by atoms with van der Waals surface area (Å²) >= 11 is 0. The quantitative estimate of drug-likeness (QED) is 0.317. The number of nitriles is 1. The van der Waals surface area contributed by atoms with Gasteiger partial charge in [-0.1, -0.05) is 42.5 Å². The molecule has 4 heterocycles. The van der Waals surface area contributed by atoms with E-state index < -0.39 is 0 Å². The predicted octanol–water partition coefficient (Wildman–Crippen LogP) is 4.93. The average molecular weight is 523 g/mol. The van der Waals surface area contributed by atoms with Gasteiger partial charge in [0.15, 0.2) is 11.5 Å². The van der Waals surface area contributed by atoms with E-state index in [0.29, 0.717) is 35.0 Å². The van der Waals surface area contributed by atoms with Crippen LogP contribution in [0.5, 0.6) is 0 Å². The molecule has 0 atom stereocenters. The molecule has 0 spiro atoms. The highest BCUT2D eigenvalue weighted by molar-refractivity contribution is 5.93. The molecular formula is C31H22N8O. The van der Waals surface area contributed by atoms with Crippen LogP contribution in [0.25, 0.3) is 39.4 Å². The Kier molecular flexibility index (Phi) is 6.40. The summed E-state index contributed by atoms with van der Waals surface area (Å²) in [4.78, 5) is 30.4. The number of hydrogen-bond acceptors (Lipinski definition) is 7. The van der Waals surface area contributed by atoms with E-state index in [-0.39, 0.29) is 11.6 Å². The number of carbonyl (C=O) groups excluding carboxylic acids is 1. The first-order chi connectivity index (χ1) is 19.6. The largest absolute Gasteiger partial charge is 0.383 e. The van der Waals surface area contributed by atoms with Crippen LogP contribution in [0.15, 0.2) is 104 Å². The fourth-order valence-corrected chi connectivity index (χ4v) is 4.43. The molecule has 3 N–H and O–H groups in total. The van der Waals surface area contributed by atoms with Crippen molar-refractivity contribution in [3.63, 3.8) is 0 Å². The molecule has 0 fully saturated rings. The average Bonchev–Trinajstić information content (AvgIpc) is 3.39. The summed E-state index contributed by atoms with van der Waals surface area (Å²) in [5, 5.41) is 11.8. The van der Waals surface area contributed by atoms with Gasteiger partial charge in [0.05, 0.1) is 11.1 Å². The molecule has 4 aromatic heterocycles. The predicted molar refractivity (Wildman–Crippen MR) is 152 cm³/mol. The highest BCUT2D eigenvalue weighted by atomic mass is 16.1. The first-order valence-corrected chi connectivity index (χ1v) is 12.5. The molecule has 0 radical (unpaired) electrons. The van der Waals surface area contributed by atoms with Crippen LogP contribution in [0.3, 0.4) is 0 Å². The number of pyridine rings is 3. The minimum absolute atomic E-state index is 0.261. The zero-order valence-electron chi connectivity index (χ0n) is 21.2. The van der Waals surface area contributed by atoms with E-state index in [0.717, 1.165) is 27.9 Å². The topological polar surface area (TPSA) is 135 Å². The summed E-state index contributed by atoms with van der Waals surface area (Å²) < 4.78 is 1.96. The van der Waals surface area contributed by atoms with Crippen molar-refractivity contribution in [3.05, 3.63) is 120 Å². The number of fused-ring (bicyclic) bond motifs is 1. The molecule has 1 amide bonds. The molecule has 6 rings (SSSR count). The molecule has 0 aliphatic carbocycles. The van der Waals surface area contributed by atoms with Crippen molar-refractivity contribution in [1.82, 2.24) is 29.8 Å². The van der Waals surface area contributed by atoms with E-state index in [2.05, 4.69) is 15.3 Å². The van der Waals surface area contributed by atoms with Crippen LogP contribution in [-0.2, 0) is 6.54 Å². The van der Waals surface area contributed by atoms with E-state index in [9.17, 15) is 4.79 Å². The standard InChI is InChI=1S/C31H22N8O/c32-16-24-11-10-22(18-35-24)31(40)37-17-20-8-12-25(13-9-20)39-29(26-7-4-14-34-28(26)33)38-27-15-23(19-36-30(27)39)21-5-2-1-3-6-21/h1-15,18-19H,17H2,(H2,33,34)(H,37,40). The monoisotopic (exact) mass is 522 g/mol. The van der Waals surface area contributed by atoms with Gasteiger partial charge in [-0.3, -0.25) is 9.36 Å². The second kappa shape index (κ2) is 10.5. The Balaban J connectivity index is 1.33. The number of benzene rings is 2. The lowest BCUT2D eigenvalue weighted by molar-refractivity contribution is 0.0950. The van der Waals surface area contributed by atoms with E-state index in [1.165, 1.54) is 12.3 Å². The van der Waals surface area contributed by atoms with Gasteiger partial charge >= 0.3 is 0 Å². The minimum atomic E-state index is -0.269. The third kappa shape index (κ3) is 4.73. The van der Waals surface area contributed by atoms with Crippen molar-refractivity contribution in [2.24, 2.45) is 0 Å². The fourth-order valence-electron chi connectivity index (χ4n) is 4.43. The number of rotatable bonds is 6. The Morgan fingerprint density at radius 1 is 0.900 bits per heavy atom. The van der Waals surface area contributed by atoms with Crippen LogP contribution in [0.1, 0.15) is 21.6 Å². The molecule has 6 aromatic rings. The van der Waals surface area contributed by atoms with E-state index >= 15 is 0 Å². The molecule has 0 aliphatic rings. The first-order valence-electron chi connectivity index (χ1n) is 12.5. The fraction of sp³-hybridized carbons (Fsp3) is 0.0323. The Labute approximate surface area is 229 Å². The number of aromatic nitrogens is 5. The number of nitrogens with zero attached hydrogens (tertiary/aromatic N) is 6.